The van der Waals surface area contributed by atoms with E-state index in [1.165, 1.54) is 37.5 Å². The molecule has 8 heteroatoms. The highest BCUT2D eigenvalue weighted by Gasteiger charge is 2.69. The summed E-state index contributed by atoms with van der Waals surface area (Å²) in [6.45, 7) is 17.3. The first-order chi connectivity index (χ1) is 25.0. The minimum Gasteiger partial charge on any atom is -0.478 e. The summed E-state index contributed by atoms with van der Waals surface area (Å²) in [6, 6.07) is 11.4. The molecule has 7 nitrogen and oxygen atoms in total. The Morgan fingerprint density at radius 1 is 0.868 bits per heavy atom. The van der Waals surface area contributed by atoms with Crippen molar-refractivity contribution in [1.82, 2.24) is 10.6 Å². The van der Waals surface area contributed by atoms with E-state index >= 15 is 0 Å². The Morgan fingerprint density at radius 2 is 1.60 bits per heavy atom. The Bertz CT molecular complexity index is 1730. The zero-order valence-corrected chi connectivity index (χ0v) is 33.1. The summed E-state index contributed by atoms with van der Waals surface area (Å²) in [5.41, 5.74) is 1.14. The van der Waals surface area contributed by atoms with Crippen LogP contribution in [0.2, 0.25) is 0 Å². The second-order valence-electron chi connectivity index (χ2n) is 18.7. The van der Waals surface area contributed by atoms with Gasteiger partial charge in [-0.05, 0) is 133 Å². The van der Waals surface area contributed by atoms with Crippen molar-refractivity contribution in [3.63, 3.8) is 0 Å². The van der Waals surface area contributed by atoms with Crippen molar-refractivity contribution < 1.29 is 29.0 Å². The van der Waals surface area contributed by atoms with Gasteiger partial charge in [0.15, 0.2) is 0 Å². The van der Waals surface area contributed by atoms with Crippen LogP contribution in [-0.2, 0) is 17.8 Å². The molecule has 4 fully saturated rings. The highest BCUT2D eigenvalue weighted by Crippen LogP contribution is 2.75. The number of hydrogen-bond donors (Lipinski definition) is 4. The predicted octanol–water partition coefficient (Wildman–Crippen LogP) is 8.97. The lowest BCUT2D eigenvalue weighted by Gasteiger charge is -2.72. The summed E-state index contributed by atoms with van der Waals surface area (Å²) in [5, 5.41) is 26.3. The Morgan fingerprint density at radius 3 is 2.32 bits per heavy atom. The number of carboxylic acids is 1. The molecular formula is C45H63FN2O5. The van der Waals surface area contributed by atoms with Crippen molar-refractivity contribution >= 4 is 17.8 Å². The SMILES string of the molecule is CCCC1(C(=O)NCCc2cccc(C(=O)NCc3cccc(C(=O)O)c3F)c2)CC[C@]2(C)C(CCC3C4(C)CCC(O)C(C)(C)C4CCC32C)C1C. The van der Waals surface area contributed by atoms with E-state index in [4.69, 9.17) is 0 Å². The molecule has 2 aromatic rings. The molecule has 0 radical (unpaired) electrons. The quantitative estimate of drug-likeness (QED) is 0.195. The van der Waals surface area contributed by atoms with Crippen LogP contribution in [0.5, 0.6) is 0 Å². The number of carbonyl (C=O) groups excluding carboxylic acids is 2. The largest absolute Gasteiger partial charge is 0.478 e. The van der Waals surface area contributed by atoms with Gasteiger partial charge in [-0.2, -0.15) is 0 Å². The molecule has 4 aliphatic carbocycles. The summed E-state index contributed by atoms with van der Waals surface area (Å²) < 4.78 is 14.6. The summed E-state index contributed by atoms with van der Waals surface area (Å²) in [4.78, 5) is 38.7. The molecular weight excluding hydrogens is 668 g/mol. The van der Waals surface area contributed by atoms with E-state index in [2.05, 4.69) is 59.1 Å². The average molecular weight is 731 g/mol. The fraction of sp³-hybridized carbons (Fsp3) is 0.667. The fourth-order valence-electron chi connectivity index (χ4n) is 13.1. The molecule has 9 atom stereocenters. The number of carbonyl (C=O) groups is 3. The van der Waals surface area contributed by atoms with Crippen molar-refractivity contribution in [2.45, 2.75) is 132 Å². The van der Waals surface area contributed by atoms with Crippen LogP contribution < -0.4 is 10.6 Å². The zero-order valence-electron chi connectivity index (χ0n) is 33.1. The monoisotopic (exact) mass is 730 g/mol. The first-order valence-corrected chi connectivity index (χ1v) is 20.3. The van der Waals surface area contributed by atoms with Gasteiger partial charge in [0.1, 0.15) is 5.82 Å². The normalized spacial score (nSPS) is 36.0. The first kappa shape index (κ1) is 39.4. The molecule has 2 aromatic carbocycles. The van der Waals surface area contributed by atoms with Crippen molar-refractivity contribution in [1.29, 1.82) is 0 Å². The summed E-state index contributed by atoms with van der Waals surface area (Å²) in [5.74, 6) is -0.515. The molecule has 0 saturated heterocycles. The Hall–Kier alpha value is -3.26. The molecule has 0 aromatic heterocycles. The lowest BCUT2D eigenvalue weighted by atomic mass is 9.32. The van der Waals surface area contributed by atoms with Crippen LogP contribution in [0.15, 0.2) is 42.5 Å². The molecule has 290 valence electrons. The van der Waals surface area contributed by atoms with E-state index in [1.54, 1.807) is 12.1 Å². The Balaban J connectivity index is 1.11. The fourth-order valence-corrected chi connectivity index (χ4v) is 13.1. The van der Waals surface area contributed by atoms with E-state index in [0.717, 1.165) is 50.5 Å². The van der Waals surface area contributed by atoms with Crippen LogP contribution in [0.25, 0.3) is 0 Å². The first-order valence-electron chi connectivity index (χ1n) is 20.3. The third-order valence-electron chi connectivity index (χ3n) is 16.3. The van der Waals surface area contributed by atoms with E-state index < -0.39 is 22.8 Å². The summed E-state index contributed by atoms with van der Waals surface area (Å²) in [6.07, 6.45) is 10.9. The number of amides is 2. The van der Waals surface area contributed by atoms with Gasteiger partial charge in [-0.15, -0.1) is 0 Å². The lowest BCUT2D eigenvalue weighted by molar-refractivity contribution is -0.246. The number of aromatic carboxylic acids is 1. The van der Waals surface area contributed by atoms with Crippen LogP contribution in [0.3, 0.4) is 0 Å². The molecule has 53 heavy (non-hydrogen) atoms. The highest BCUT2D eigenvalue weighted by atomic mass is 19.1. The van der Waals surface area contributed by atoms with Gasteiger partial charge >= 0.3 is 5.97 Å². The second-order valence-corrected chi connectivity index (χ2v) is 18.7. The number of carboxylic acid groups (broad SMARTS) is 1. The van der Waals surface area contributed by atoms with Gasteiger partial charge < -0.3 is 20.8 Å². The van der Waals surface area contributed by atoms with Crippen LogP contribution in [-0.4, -0.2) is 40.6 Å². The van der Waals surface area contributed by atoms with Gasteiger partial charge in [-0.1, -0.05) is 79.2 Å². The molecule has 0 heterocycles. The van der Waals surface area contributed by atoms with Gasteiger partial charge in [0.05, 0.1) is 17.1 Å². The number of rotatable bonds is 10. The van der Waals surface area contributed by atoms with Crippen molar-refractivity contribution in [3.8, 4) is 0 Å². The van der Waals surface area contributed by atoms with E-state index in [1.807, 2.05) is 12.1 Å². The van der Waals surface area contributed by atoms with Crippen molar-refractivity contribution in [2.75, 3.05) is 6.54 Å². The number of aliphatic hydroxyl groups is 1. The number of halogens is 1. The number of aliphatic hydroxyl groups excluding tert-OH is 1. The number of nitrogens with one attached hydrogen (secondary N) is 2. The van der Waals surface area contributed by atoms with Crippen LogP contribution in [0.4, 0.5) is 4.39 Å². The smallest absolute Gasteiger partial charge is 0.338 e. The van der Waals surface area contributed by atoms with Crippen LogP contribution in [0, 0.1) is 56.6 Å². The topological polar surface area (TPSA) is 116 Å². The van der Waals surface area contributed by atoms with E-state index in [9.17, 15) is 29.0 Å². The molecule has 0 spiro atoms. The molecule has 0 bridgehead atoms. The maximum atomic E-state index is 14.6. The lowest BCUT2D eigenvalue weighted by Crippen LogP contribution is -2.67. The van der Waals surface area contributed by atoms with Gasteiger partial charge in [0, 0.05) is 24.2 Å². The van der Waals surface area contributed by atoms with Gasteiger partial charge in [0.25, 0.3) is 5.91 Å². The average Bonchev–Trinajstić information content (AvgIpc) is 3.11. The Labute approximate surface area is 316 Å². The van der Waals surface area contributed by atoms with Gasteiger partial charge in [0.2, 0.25) is 5.91 Å². The van der Waals surface area contributed by atoms with E-state index in [0.29, 0.717) is 36.3 Å². The van der Waals surface area contributed by atoms with Gasteiger partial charge in [-0.3, -0.25) is 9.59 Å². The minimum absolute atomic E-state index is 0.0629. The molecule has 2 amide bonds. The maximum absolute atomic E-state index is 14.6. The molecule has 0 aliphatic heterocycles. The summed E-state index contributed by atoms with van der Waals surface area (Å²) in [7, 11) is 0. The summed E-state index contributed by atoms with van der Waals surface area (Å²) >= 11 is 0. The van der Waals surface area contributed by atoms with Gasteiger partial charge in [-0.25, -0.2) is 9.18 Å². The van der Waals surface area contributed by atoms with Crippen molar-refractivity contribution in [2.24, 2.45) is 50.7 Å². The van der Waals surface area contributed by atoms with Crippen LogP contribution in [0.1, 0.15) is 145 Å². The number of hydrogen-bond acceptors (Lipinski definition) is 4. The number of benzene rings is 2. The van der Waals surface area contributed by atoms with E-state index in [-0.39, 0.29) is 57.6 Å². The highest BCUT2D eigenvalue weighted by molar-refractivity contribution is 5.94. The third kappa shape index (κ3) is 6.42. The molecule has 8 unspecified atom stereocenters. The second kappa shape index (κ2) is 14.4. The maximum Gasteiger partial charge on any atom is 0.338 e. The molecule has 6 rings (SSSR count). The standard InChI is InChI=1S/C45H63FN2O5/c1-8-20-45(40(53)47-25-19-29-11-9-12-30(26-29)38(50)48-27-31-13-10-14-32(37(31)46)39(51)52)24-23-43(6)33(28(45)2)15-16-35-42(5)21-18-36(49)41(3,4)34(42)17-22-44(35,43)7/h9-14,26,28,33-36,49H,8,15-25,27H2,1-7H3,(H,47,53)(H,48,50)(H,51,52)/t28?,33?,34?,35?,36?,42?,43-,44?,45?/m1/s1. The predicted molar refractivity (Wildman–Crippen MR) is 206 cm³/mol. The Kier molecular flexibility index (Phi) is 10.7. The van der Waals surface area contributed by atoms with Crippen molar-refractivity contribution in [3.05, 3.63) is 70.5 Å². The molecule has 4 saturated carbocycles. The third-order valence-corrected chi connectivity index (χ3v) is 16.3. The molecule has 4 aliphatic rings. The molecule has 4 N–H and O–H groups in total. The number of fused-ring (bicyclic) bond motifs is 5. The zero-order chi connectivity index (χ0) is 38.6. The van der Waals surface area contributed by atoms with Crippen LogP contribution >= 0.6 is 0 Å². The minimum atomic E-state index is -1.35.